The molecule has 0 spiro atoms. The molecule has 0 aliphatic carbocycles. The van der Waals surface area contributed by atoms with Crippen LogP contribution < -0.4 is 5.73 Å². The highest BCUT2D eigenvalue weighted by Crippen LogP contribution is 2.17. The summed E-state index contributed by atoms with van der Waals surface area (Å²) in [7, 11) is 0. The summed E-state index contributed by atoms with van der Waals surface area (Å²) in [5.74, 6) is 0.124. The molecule has 1 fully saturated rings. The first-order valence-corrected chi connectivity index (χ1v) is 8.33. The lowest BCUT2D eigenvalue weighted by atomic mass is 10.0. The molecule has 1 aromatic rings. The molecule has 0 radical (unpaired) electrons. The lowest BCUT2D eigenvalue weighted by Crippen LogP contribution is -2.55. The number of benzene rings is 1. The molecule has 2 rings (SSSR count). The minimum Gasteiger partial charge on any atom is -0.339 e. The second kappa shape index (κ2) is 7.79. The minimum atomic E-state index is -0.472. The van der Waals surface area contributed by atoms with E-state index in [9.17, 15) is 9.59 Å². The number of rotatable bonds is 4. The molecule has 0 aromatic heterocycles. The van der Waals surface area contributed by atoms with Crippen molar-refractivity contribution in [1.29, 1.82) is 0 Å². The van der Waals surface area contributed by atoms with Crippen LogP contribution in [0.25, 0.3) is 0 Å². The molecule has 1 heterocycles. The largest absolute Gasteiger partial charge is 0.339 e. The van der Waals surface area contributed by atoms with Gasteiger partial charge in [0.2, 0.25) is 11.8 Å². The van der Waals surface area contributed by atoms with Gasteiger partial charge in [0.15, 0.2) is 0 Å². The quantitative estimate of drug-likeness (QED) is 0.906. The van der Waals surface area contributed by atoms with Crippen LogP contribution in [-0.4, -0.2) is 53.8 Å². The molecule has 0 saturated carbocycles. The topological polar surface area (TPSA) is 66.6 Å². The third-order valence-corrected chi connectivity index (χ3v) is 4.62. The van der Waals surface area contributed by atoms with E-state index >= 15 is 0 Å². The van der Waals surface area contributed by atoms with Crippen molar-refractivity contribution in [2.75, 3.05) is 26.2 Å². The number of carbonyl (C=O) groups is 2. The van der Waals surface area contributed by atoms with Crippen LogP contribution in [0.1, 0.15) is 19.4 Å². The first-order valence-electron chi connectivity index (χ1n) is 7.95. The zero-order valence-corrected chi connectivity index (χ0v) is 14.4. The molecule has 0 bridgehead atoms. The maximum Gasteiger partial charge on any atom is 0.239 e. The lowest BCUT2D eigenvalue weighted by molar-refractivity contribution is -0.140. The van der Waals surface area contributed by atoms with Crippen LogP contribution in [0.4, 0.5) is 0 Å². The molecule has 2 amide bonds. The van der Waals surface area contributed by atoms with E-state index in [-0.39, 0.29) is 17.7 Å². The fraction of sp³-hybridized carbons (Fsp3) is 0.529. The predicted molar refractivity (Wildman–Crippen MR) is 91.1 cm³/mol. The van der Waals surface area contributed by atoms with Gasteiger partial charge in [0.25, 0.3) is 0 Å². The molecule has 1 aromatic carbocycles. The Morgan fingerprint density at radius 2 is 1.70 bits per heavy atom. The highest BCUT2D eigenvalue weighted by molar-refractivity contribution is 6.31. The van der Waals surface area contributed by atoms with Crippen molar-refractivity contribution in [3.63, 3.8) is 0 Å². The van der Waals surface area contributed by atoms with E-state index in [1.807, 2.05) is 32.0 Å². The fourth-order valence-electron chi connectivity index (χ4n) is 2.59. The van der Waals surface area contributed by atoms with Crippen molar-refractivity contribution in [2.24, 2.45) is 11.7 Å². The van der Waals surface area contributed by atoms with Crippen LogP contribution >= 0.6 is 11.6 Å². The number of hydrogen-bond acceptors (Lipinski definition) is 3. The molecule has 5 nitrogen and oxygen atoms in total. The number of piperazine rings is 1. The Labute approximate surface area is 142 Å². The van der Waals surface area contributed by atoms with Gasteiger partial charge in [-0.05, 0) is 17.5 Å². The molecular weight excluding hydrogens is 314 g/mol. The molecule has 0 unspecified atom stereocenters. The van der Waals surface area contributed by atoms with Crippen molar-refractivity contribution in [2.45, 2.75) is 26.3 Å². The smallest absolute Gasteiger partial charge is 0.239 e. The number of carbonyl (C=O) groups excluding carboxylic acids is 2. The number of hydrogen-bond donors (Lipinski definition) is 1. The van der Waals surface area contributed by atoms with Crippen LogP contribution in [-0.2, 0) is 16.0 Å². The molecule has 1 aliphatic heterocycles. The Bertz CT molecular complexity index is 569. The first-order chi connectivity index (χ1) is 10.9. The number of amides is 2. The van der Waals surface area contributed by atoms with Crippen LogP contribution in [0.2, 0.25) is 5.02 Å². The standard InChI is InChI=1S/C17H24ClN3O2/c1-12(2)16(19)17(23)21-9-7-20(8-10-21)15(22)11-13-5-3-4-6-14(13)18/h3-6,12,16H,7-11,19H2,1-2H3/t16-/m0/s1. The SMILES string of the molecule is CC(C)[C@H](N)C(=O)N1CCN(C(=O)Cc2ccccc2Cl)CC1. The molecule has 1 aliphatic rings. The Balaban J connectivity index is 1.88. The first kappa shape index (κ1) is 17.8. The van der Waals surface area contributed by atoms with Gasteiger partial charge < -0.3 is 15.5 Å². The summed E-state index contributed by atoms with van der Waals surface area (Å²) in [6, 6.07) is 6.90. The summed E-state index contributed by atoms with van der Waals surface area (Å²) in [6.45, 7) is 6.03. The number of nitrogens with zero attached hydrogens (tertiary/aromatic N) is 2. The highest BCUT2D eigenvalue weighted by Gasteiger charge is 2.28. The number of halogens is 1. The predicted octanol–water partition coefficient (Wildman–Crippen LogP) is 1.54. The van der Waals surface area contributed by atoms with Gasteiger partial charge >= 0.3 is 0 Å². The summed E-state index contributed by atoms with van der Waals surface area (Å²) >= 11 is 6.10. The summed E-state index contributed by atoms with van der Waals surface area (Å²) in [4.78, 5) is 28.1. The second-order valence-corrected chi connectivity index (χ2v) is 6.65. The van der Waals surface area contributed by atoms with E-state index in [0.717, 1.165) is 5.56 Å². The fourth-order valence-corrected chi connectivity index (χ4v) is 2.79. The van der Waals surface area contributed by atoms with Gasteiger partial charge in [0.1, 0.15) is 0 Å². The van der Waals surface area contributed by atoms with Gasteiger partial charge in [-0.2, -0.15) is 0 Å². The highest BCUT2D eigenvalue weighted by atomic mass is 35.5. The average molecular weight is 338 g/mol. The van der Waals surface area contributed by atoms with Gasteiger partial charge in [0.05, 0.1) is 12.5 Å². The van der Waals surface area contributed by atoms with Gasteiger partial charge in [-0.1, -0.05) is 43.6 Å². The normalized spacial score (nSPS) is 16.6. The van der Waals surface area contributed by atoms with Gasteiger partial charge in [-0.15, -0.1) is 0 Å². The monoisotopic (exact) mass is 337 g/mol. The second-order valence-electron chi connectivity index (χ2n) is 6.24. The minimum absolute atomic E-state index is 0.0294. The third-order valence-electron chi connectivity index (χ3n) is 4.25. The van der Waals surface area contributed by atoms with Crippen LogP contribution in [0, 0.1) is 5.92 Å². The van der Waals surface area contributed by atoms with Crippen molar-refractivity contribution in [1.82, 2.24) is 9.80 Å². The summed E-state index contributed by atoms with van der Waals surface area (Å²) < 4.78 is 0. The molecule has 2 N–H and O–H groups in total. The van der Waals surface area contributed by atoms with Crippen molar-refractivity contribution in [3.05, 3.63) is 34.9 Å². The molecule has 1 saturated heterocycles. The molecule has 23 heavy (non-hydrogen) atoms. The van der Waals surface area contributed by atoms with Crippen molar-refractivity contribution >= 4 is 23.4 Å². The Hall–Kier alpha value is -1.59. The Morgan fingerprint density at radius 3 is 2.26 bits per heavy atom. The average Bonchev–Trinajstić information content (AvgIpc) is 2.55. The molecule has 1 atom stereocenters. The van der Waals surface area contributed by atoms with E-state index in [2.05, 4.69) is 0 Å². The summed E-state index contributed by atoms with van der Waals surface area (Å²) in [5.41, 5.74) is 6.75. The Morgan fingerprint density at radius 1 is 1.13 bits per heavy atom. The van der Waals surface area contributed by atoms with E-state index in [0.29, 0.717) is 37.6 Å². The Kier molecular flexibility index (Phi) is 6.02. The van der Waals surface area contributed by atoms with E-state index in [4.69, 9.17) is 17.3 Å². The zero-order valence-electron chi connectivity index (χ0n) is 13.7. The zero-order chi connectivity index (χ0) is 17.0. The van der Waals surface area contributed by atoms with E-state index in [1.165, 1.54) is 0 Å². The van der Waals surface area contributed by atoms with E-state index < -0.39 is 6.04 Å². The number of nitrogens with two attached hydrogens (primary N) is 1. The van der Waals surface area contributed by atoms with Crippen molar-refractivity contribution < 1.29 is 9.59 Å². The summed E-state index contributed by atoms with van der Waals surface area (Å²) in [6.07, 6.45) is 0.291. The van der Waals surface area contributed by atoms with Gasteiger partial charge in [-0.3, -0.25) is 9.59 Å². The maximum atomic E-state index is 12.4. The molecule has 126 valence electrons. The maximum absolute atomic E-state index is 12.4. The van der Waals surface area contributed by atoms with E-state index in [1.54, 1.807) is 15.9 Å². The van der Waals surface area contributed by atoms with Crippen LogP contribution in [0.5, 0.6) is 0 Å². The third kappa shape index (κ3) is 4.45. The van der Waals surface area contributed by atoms with Crippen LogP contribution in [0.3, 0.4) is 0 Å². The van der Waals surface area contributed by atoms with Gasteiger partial charge in [0, 0.05) is 31.2 Å². The van der Waals surface area contributed by atoms with Crippen molar-refractivity contribution in [3.8, 4) is 0 Å². The lowest BCUT2D eigenvalue weighted by Gasteiger charge is -2.36. The summed E-state index contributed by atoms with van der Waals surface area (Å²) in [5, 5.41) is 0.609. The molecule has 6 heteroatoms. The van der Waals surface area contributed by atoms with Crippen LogP contribution in [0.15, 0.2) is 24.3 Å². The van der Waals surface area contributed by atoms with Gasteiger partial charge in [-0.25, -0.2) is 0 Å². The molecular formula is C17H24ClN3O2.